The van der Waals surface area contributed by atoms with Crippen molar-refractivity contribution >= 4 is 27.6 Å². The molecule has 0 aliphatic rings. The van der Waals surface area contributed by atoms with Crippen molar-refractivity contribution in [3.8, 4) is 5.75 Å². The number of esters is 1. The van der Waals surface area contributed by atoms with Gasteiger partial charge in [0.15, 0.2) is 0 Å². The van der Waals surface area contributed by atoms with Crippen LogP contribution in [0.2, 0.25) is 5.02 Å². The topological polar surface area (TPSA) is 72.9 Å². The molecule has 0 aliphatic carbocycles. The molecule has 2 aromatic rings. The molecule has 0 amide bonds. The van der Waals surface area contributed by atoms with E-state index in [9.17, 15) is 17.6 Å². The Balaban J connectivity index is 2.03. The molecule has 0 N–H and O–H groups in total. The monoisotopic (exact) mass is 429 g/mol. The van der Waals surface area contributed by atoms with Gasteiger partial charge < -0.3 is 9.47 Å². The van der Waals surface area contributed by atoms with Gasteiger partial charge in [0.05, 0.1) is 15.5 Å². The third-order valence-corrected chi connectivity index (χ3v) is 6.28. The number of nitrogens with zero attached hydrogens (tertiary/aromatic N) is 1. The van der Waals surface area contributed by atoms with Gasteiger partial charge in [-0.2, -0.15) is 4.31 Å². The van der Waals surface area contributed by atoms with Crippen molar-refractivity contribution in [2.24, 2.45) is 0 Å². The number of halogens is 2. The van der Waals surface area contributed by atoms with Crippen molar-refractivity contribution in [2.45, 2.75) is 18.7 Å². The summed E-state index contributed by atoms with van der Waals surface area (Å²) >= 11 is 6.04. The predicted octanol–water partition coefficient (Wildman–Crippen LogP) is 3.75. The fraction of sp³-hybridized carbons (Fsp3) is 0.316. The molecule has 0 spiro atoms. The van der Waals surface area contributed by atoms with Crippen LogP contribution in [0.25, 0.3) is 0 Å². The number of ether oxygens (including phenoxy) is 2. The molecule has 2 rings (SSSR count). The first-order chi connectivity index (χ1) is 13.3. The van der Waals surface area contributed by atoms with Gasteiger partial charge in [-0.25, -0.2) is 17.6 Å². The van der Waals surface area contributed by atoms with E-state index in [1.165, 1.54) is 46.8 Å². The molecule has 0 saturated heterocycles. The number of sulfonamides is 1. The van der Waals surface area contributed by atoms with Crippen LogP contribution in [-0.2, 0) is 14.8 Å². The van der Waals surface area contributed by atoms with E-state index in [2.05, 4.69) is 0 Å². The summed E-state index contributed by atoms with van der Waals surface area (Å²) in [5, 5.41) is 0.0861. The maximum Gasteiger partial charge on any atom is 0.339 e. The smallest absolute Gasteiger partial charge is 0.339 e. The van der Waals surface area contributed by atoms with Crippen LogP contribution in [0.1, 0.15) is 24.2 Å². The molecule has 6 nitrogen and oxygen atoms in total. The Hall–Kier alpha value is -2.16. The Bertz CT molecular complexity index is 914. The molecule has 0 bridgehead atoms. The molecule has 9 heteroatoms. The van der Waals surface area contributed by atoms with Crippen LogP contribution in [0.5, 0.6) is 5.75 Å². The average molecular weight is 430 g/mol. The van der Waals surface area contributed by atoms with Gasteiger partial charge in [0, 0.05) is 13.1 Å². The number of carbonyl (C=O) groups excluding carboxylic acids is 1. The molecule has 0 heterocycles. The van der Waals surface area contributed by atoms with E-state index in [1.807, 2.05) is 0 Å². The van der Waals surface area contributed by atoms with Gasteiger partial charge >= 0.3 is 5.97 Å². The average Bonchev–Trinajstić information content (AvgIpc) is 2.67. The summed E-state index contributed by atoms with van der Waals surface area (Å²) in [5.41, 5.74) is -0.0447. The first-order valence-corrected chi connectivity index (χ1v) is 10.5. The van der Waals surface area contributed by atoms with Gasteiger partial charge in [0.1, 0.15) is 24.8 Å². The highest BCUT2D eigenvalue weighted by Gasteiger charge is 2.24. The first-order valence-electron chi connectivity index (χ1n) is 8.64. The minimum Gasteiger partial charge on any atom is -0.490 e. The van der Waals surface area contributed by atoms with Crippen molar-refractivity contribution in [3.63, 3.8) is 0 Å². The summed E-state index contributed by atoms with van der Waals surface area (Å²) in [5.74, 6) is -0.708. The lowest BCUT2D eigenvalue weighted by Crippen LogP contribution is -2.30. The zero-order valence-corrected chi connectivity index (χ0v) is 17.1. The van der Waals surface area contributed by atoms with Crippen LogP contribution in [0.4, 0.5) is 4.39 Å². The minimum atomic E-state index is -3.73. The third-order valence-electron chi connectivity index (χ3n) is 3.90. The molecule has 0 atom stereocenters. The van der Waals surface area contributed by atoms with Crippen LogP contribution >= 0.6 is 11.6 Å². The highest BCUT2D eigenvalue weighted by atomic mass is 35.5. The maximum absolute atomic E-state index is 12.8. The molecule has 0 fully saturated rings. The van der Waals surface area contributed by atoms with E-state index >= 15 is 0 Å². The molecule has 0 aliphatic heterocycles. The maximum atomic E-state index is 12.8. The Labute approximate surface area is 168 Å². The molecule has 2 aromatic carbocycles. The summed E-state index contributed by atoms with van der Waals surface area (Å²) in [6.45, 7) is 4.04. The van der Waals surface area contributed by atoms with Crippen molar-refractivity contribution < 1.29 is 27.1 Å². The predicted molar refractivity (Wildman–Crippen MR) is 104 cm³/mol. The SMILES string of the molecule is CCN(CC)S(=O)(=O)c1ccc(Cl)c(C(=O)OCCOc2ccc(F)cc2)c1. The van der Waals surface area contributed by atoms with E-state index in [0.29, 0.717) is 18.8 Å². The van der Waals surface area contributed by atoms with Gasteiger partial charge in [-0.05, 0) is 42.5 Å². The highest BCUT2D eigenvalue weighted by Crippen LogP contribution is 2.23. The summed E-state index contributed by atoms with van der Waals surface area (Å²) < 4.78 is 49.8. The lowest BCUT2D eigenvalue weighted by Gasteiger charge is -2.19. The molecule has 28 heavy (non-hydrogen) atoms. The lowest BCUT2D eigenvalue weighted by atomic mass is 10.2. The normalized spacial score (nSPS) is 11.5. The van der Waals surface area contributed by atoms with Gasteiger partial charge in [0.2, 0.25) is 10.0 Å². The van der Waals surface area contributed by atoms with Gasteiger partial charge in [-0.1, -0.05) is 25.4 Å². The Morgan fingerprint density at radius 2 is 1.71 bits per heavy atom. The molecular weight excluding hydrogens is 409 g/mol. The zero-order valence-electron chi connectivity index (χ0n) is 15.5. The van der Waals surface area contributed by atoms with Gasteiger partial charge in [-0.3, -0.25) is 0 Å². The molecular formula is C19H21ClFNO5S. The van der Waals surface area contributed by atoms with Crippen LogP contribution < -0.4 is 4.74 Å². The Kier molecular flexibility index (Phi) is 7.79. The number of carbonyl (C=O) groups is 1. The summed E-state index contributed by atoms with van der Waals surface area (Å²) in [7, 11) is -3.73. The molecule has 0 saturated carbocycles. The van der Waals surface area contributed by atoms with Crippen LogP contribution in [0, 0.1) is 5.82 Å². The Morgan fingerprint density at radius 1 is 1.07 bits per heavy atom. The summed E-state index contributed by atoms with van der Waals surface area (Å²) in [4.78, 5) is 12.3. The highest BCUT2D eigenvalue weighted by molar-refractivity contribution is 7.89. The number of hydrogen-bond acceptors (Lipinski definition) is 5. The van der Waals surface area contributed by atoms with E-state index in [-0.39, 0.29) is 34.5 Å². The standard InChI is InChI=1S/C19H21ClFNO5S/c1-3-22(4-2)28(24,25)16-9-10-18(20)17(13-16)19(23)27-12-11-26-15-7-5-14(21)6-8-15/h5-10,13H,3-4,11-12H2,1-2H3. The van der Waals surface area contributed by atoms with E-state index in [1.54, 1.807) is 13.8 Å². The summed E-state index contributed by atoms with van der Waals surface area (Å²) in [6, 6.07) is 9.32. The molecule has 152 valence electrons. The fourth-order valence-corrected chi connectivity index (χ4v) is 4.12. The number of rotatable bonds is 9. The first kappa shape index (κ1) is 22.1. The summed E-state index contributed by atoms with van der Waals surface area (Å²) in [6.07, 6.45) is 0. The number of hydrogen-bond donors (Lipinski definition) is 0. The van der Waals surface area contributed by atoms with Gasteiger partial charge in [0.25, 0.3) is 0 Å². The second-order valence-electron chi connectivity index (χ2n) is 5.67. The minimum absolute atomic E-state index is 0.0323. The zero-order chi connectivity index (χ0) is 20.7. The van der Waals surface area contributed by atoms with Crippen molar-refractivity contribution in [1.29, 1.82) is 0 Å². The lowest BCUT2D eigenvalue weighted by molar-refractivity contribution is 0.0450. The Morgan fingerprint density at radius 3 is 2.32 bits per heavy atom. The second kappa shape index (κ2) is 9.86. The molecule has 0 radical (unpaired) electrons. The van der Waals surface area contributed by atoms with Gasteiger partial charge in [-0.15, -0.1) is 0 Å². The van der Waals surface area contributed by atoms with Crippen molar-refractivity contribution in [3.05, 3.63) is 58.9 Å². The van der Waals surface area contributed by atoms with E-state index in [4.69, 9.17) is 21.1 Å². The van der Waals surface area contributed by atoms with Crippen LogP contribution in [-0.4, -0.2) is 45.0 Å². The third kappa shape index (κ3) is 5.43. The van der Waals surface area contributed by atoms with Crippen LogP contribution in [0.15, 0.2) is 47.4 Å². The molecule has 0 unspecified atom stereocenters. The van der Waals surface area contributed by atoms with Crippen LogP contribution in [0.3, 0.4) is 0 Å². The largest absolute Gasteiger partial charge is 0.490 e. The fourth-order valence-electron chi connectivity index (χ4n) is 2.44. The second-order valence-corrected chi connectivity index (χ2v) is 8.01. The van der Waals surface area contributed by atoms with Crippen molar-refractivity contribution in [2.75, 3.05) is 26.3 Å². The van der Waals surface area contributed by atoms with E-state index in [0.717, 1.165) is 0 Å². The molecule has 0 aromatic heterocycles. The van der Waals surface area contributed by atoms with E-state index < -0.39 is 16.0 Å². The number of benzene rings is 2. The quantitative estimate of drug-likeness (QED) is 0.448. The van der Waals surface area contributed by atoms with Crippen molar-refractivity contribution in [1.82, 2.24) is 4.31 Å².